The molecule has 8 aromatic carbocycles. The second kappa shape index (κ2) is 12.9. The number of nitrogens with zero attached hydrogens (tertiary/aromatic N) is 2. The Morgan fingerprint density at radius 3 is 1.57 bits per heavy atom. The Bertz CT molecular complexity index is 2910. The summed E-state index contributed by atoms with van der Waals surface area (Å²) < 4.78 is 6.60. The van der Waals surface area contributed by atoms with Crippen LogP contribution in [0.2, 0.25) is 0 Å². The van der Waals surface area contributed by atoms with Gasteiger partial charge in [0, 0.05) is 32.8 Å². The zero-order valence-corrected chi connectivity index (χ0v) is 28.8. The first-order chi connectivity index (χ1) is 26.2. The monoisotopic (exact) mass is 676 g/mol. The van der Waals surface area contributed by atoms with E-state index in [1.807, 2.05) is 30.3 Å². The average molecular weight is 677 g/mol. The number of furan rings is 1. The number of benzene rings is 8. The van der Waals surface area contributed by atoms with Gasteiger partial charge in [0.2, 0.25) is 0 Å². The number of para-hydroxylation sites is 1. The van der Waals surface area contributed by atoms with Crippen molar-refractivity contribution >= 4 is 32.7 Å². The van der Waals surface area contributed by atoms with Crippen LogP contribution in [0.5, 0.6) is 0 Å². The smallest absolute Gasteiger partial charge is 0.160 e. The normalized spacial score (nSPS) is 11.4. The molecule has 2 heterocycles. The lowest BCUT2D eigenvalue weighted by atomic mass is 9.91. The molecule has 0 saturated carbocycles. The number of hydrogen-bond acceptors (Lipinski definition) is 3. The third-order valence-electron chi connectivity index (χ3n) is 10.1. The highest BCUT2D eigenvalue weighted by Crippen LogP contribution is 2.43. The van der Waals surface area contributed by atoms with Crippen molar-refractivity contribution in [1.29, 1.82) is 0 Å². The summed E-state index contributed by atoms with van der Waals surface area (Å²) in [6.07, 6.45) is 0. The summed E-state index contributed by atoms with van der Waals surface area (Å²) in [7, 11) is 0. The van der Waals surface area contributed by atoms with Crippen molar-refractivity contribution in [2.75, 3.05) is 0 Å². The maximum absolute atomic E-state index is 6.60. The van der Waals surface area contributed by atoms with Crippen molar-refractivity contribution in [3.63, 3.8) is 0 Å². The van der Waals surface area contributed by atoms with Crippen LogP contribution in [0, 0.1) is 0 Å². The van der Waals surface area contributed by atoms with E-state index in [2.05, 4.69) is 164 Å². The minimum Gasteiger partial charge on any atom is -0.455 e. The van der Waals surface area contributed by atoms with Crippen molar-refractivity contribution in [3.8, 4) is 67.3 Å². The predicted molar refractivity (Wildman–Crippen MR) is 219 cm³/mol. The molecule has 0 saturated heterocycles. The molecule has 2 aromatic heterocycles. The topological polar surface area (TPSA) is 38.9 Å². The molecule has 3 nitrogen and oxygen atoms in total. The molecule has 0 atom stereocenters. The van der Waals surface area contributed by atoms with Gasteiger partial charge in [0.25, 0.3) is 0 Å². The molecule has 0 aliphatic heterocycles. The van der Waals surface area contributed by atoms with Crippen LogP contribution in [-0.4, -0.2) is 9.97 Å². The highest BCUT2D eigenvalue weighted by Gasteiger charge is 2.19. The van der Waals surface area contributed by atoms with Crippen LogP contribution in [0.15, 0.2) is 199 Å². The van der Waals surface area contributed by atoms with Crippen LogP contribution >= 0.6 is 0 Å². The van der Waals surface area contributed by atoms with Gasteiger partial charge in [-0.2, -0.15) is 0 Å². The Balaban J connectivity index is 1.21. The molecule has 0 N–H and O–H groups in total. The summed E-state index contributed by atoms with van der Waals surface area (Å²) in [6.45, 7) is 0. The van der Waals surface area contributed by atoms with Gasteiger partial charge in [0.1, 0.15) is 11.2 Å². The fraction of sp³-hybridized carbons (Fsp3) is 0. The first kappa shape index (κ1) is 30.7. The highest BCUT2D eigenvalue weighted by molar-refractivity contribution is 6.21. The molecule has 0 unspecified atom stereocenters. The standard InChI is InChI=1S/C50H32N2O/c1-4-14-33(15-5-1)35-24-26-36(27-25-35)45-32-46(52-50(51-45)37-18-8-3-9-19-37)41-29-39(34-16-6-2-7-17-34)28-40(30-41)44-31-38-20-10-11-21-42(38)49-48(44)43-22-12-13-23-47(43)53-49/h1-32H. The zero-order valence-electron chi connectivity index (χ0n) is 28.8. The van der Waals surface area contributed by atoms with Crippen molar-refractivity contribution < 1.29 is 4.42 Å². The van der Waals surface area contributed by atoms with Crippen LogP contribution < -0.4 is 0 Å². The van der Waals surface area contributed by atoms with Gasteiger partial charge in [-0.25, -0.2) is 9.97 Å². The molecule has 53 heavy (non-hydrogen) atoms. The van der Waals surface area contributed by atoms with E-state index in [0.717, 1.165) is 83.0 Å². The van der Waals surface area contributed by atoms with Gasteiger partial charge in [0.05, 0.1) is 11.4 Å². The Morgan fingerprint density at radius 1 is 0.340 bits per heavy atom. The molecule has 0 aliphatic carbocycles. The largest absolute Gasteiger partial charge is 0.455 e. The summed E-state index contributed by atoms with van der Waals surface area (Å²) in [5.74, 6) is 0.686. The molecule has 0 aliphatic rings. The van der Waals surface area contributed by atoms with Gasteiger partial charge in [-0.05, 0) is 75.2 Å². The Morgan fingerprint density at radius 2 is 0.849 bits per heavy atom. The molecule has 0 radical (unpaired) electrons. The molecular weight excluding hydrogens is 645 g/mol. The molecular formula is C50H32N2O. The van der Waals surface area contributed by atoms with Gasteiger partial charge in [-0.15, -0.1) is 0 Å². The average Bonchev–Trinajstić information content (AvgIpc) is 3.64. The van der Waals surface area contributed by atoms with Gasteiger partial charge >= 0.3 is 0 Å². The zero-order chi connectivity index (χ0) is 35.1. The lowest BCUT2D eigenvalue weighted by Crippen LogP contribution is -1.96. The number of aromatic nitrogens is 2. The second-order valence-corrected chi connectivity index (χ2v) is 13.4. The number of hydrogen-bond donors (Lipinski definition) is 0. The van der Waals surface area contributed by atoms with Crippen LogP contribution in [0.3, 0.4) is 0 Å². The minimum absolute atomic E-state index is 0.686. The van der Waals surface area contributed by atoms with E-state index >= 15 is 0 Å². The molecule has 10 aromatic rings. The van der Waals surface area contributed by atoms with Crippen LogP contribution in [0.4, 0.5) is 0 Å². The molecule has 0 bridgehead atoms. The van der Waals surface area contributed by atoms with E-state index < -0.39 is 0 Å². The second-order valence-electron chi connectivity index (χ2n) is 13.4. The van der Waals surface area contributed by atoms with Crippen molar-refractivity contribution in [3.05, 3.63) is 194 Å². The molecule has 0 spiro atoms. The summed E-state index contributed by atoms with van der Waals surface area (Å²) in [5.41, 5.74) is 13.3. The van der Waals surface area contributed by atoms with E-state index in [1.54, 1.807) is 0 Å². The van der Waals surface area contributed by atoms with Gasteiger partial charge in [0.15, 0.2) is 5.82 Å². The third-order valence-corrected chi connectivity index (χ3v) is 10.1. The summed E-state index contributed by atoms with van der Waals surface area (Å²) in [4.78, 5) is 10.4. The number of rotatable bonds is 6. The third kappa shape index (κ3) is 5.65. The van der Waals surface area contributed by atoms with Crippen molar-refractivity contribution in [2.24, 2.45) is 0 Å². The fourth-order valence-electron chi connectivity index (χ4n) is 7.44. The lowest BCUT2D eigenvalue weighted by molar-refractivity contribution is 0.673. The maximum Gasteiger partial charge on any atom is 0.160 e. The quantitative estimate of drug-likeness (QED) is 0.176. The first-order valence-corrected chi connectivity index (χ1v) is 17.9. The first-order valence-electron chi connectivity index (χ1n) is 17.9. The Hall–Kier alpha value is -7.10. The van der Waals surface area contributed by atoms with Gasteiger partial charge in [-0.1, -0.05) is 158 Å². The lowest BCUT2D eigenvalue weighted by Gasteiger charge is -2.14. The molecule has 10 rings (SSSR count). The Kier molecular flexibility index (Phi) is 7.47. The SMILES string of the molecule is c1ccc(-c2ccc(-c3cc(-c4cc(-c5ccccc5)cc(-c5cc6ccccc6c6oc7ccccc7c56)c4)nc(-c4ccccc4)n3)cc2)cc1. The maximum atomic E-state index is 6.60. The predicted octanol–water partition coefficient (Wildman–Crippen LogP) is 13.5. The van der Waals surface area contributed by atoms with Crippen molar-refractivity contribution in [2.45, 2.75) is 0 Å². The highest BCUT2D eigenvalue weighted by atomic mass is 16.3. The molecule has 0 amide bonds. The van der Waals surface area contributed by atoms with Crippen LogP contribution in [0.1, 0.15) is 0 Å². The minimum atomic E-state index is 0.686. The van der Waals surface area contributed by atoms with Crippen LogP contribution in [0.25, 0.3) is 100.0 Å². The summed E-state index contributed by atoms with van der Waals surface area (Å²) in [5, 5.41) is 4.45. The van der Waals surface area contributed by atoms with E-state index in [0.29, 0.717) is 5.82 Å². The molecule has 0 fully saturated rings. The van der Waals surface area contributed by atoms with E-state index in [9.17, 15) is 0 Å². The van der Waals surface area contributed by atoms with Gasteiger partial charge in [-0.3, -0.25) is 0 Å². The van der Waals surface area contributed by atoms with Gasteiger partial charge < -0.3 is 4.42 Å². The van der Waals surface area contributed by atoms with E-state index in [-0.39, 0.29) is 0 Å². The number of fused-ring (bicyclic) bond motifs is 5. The van der Waals surface area contributed by atoms with E-state index in [4.69, 9.17) is 14.4 Å². The molecule has 3 heteroatoms. The molecule has 248 valence electrons. The fourth-order valence-corrected chi connectivity index (χ4v) is 7.44. The van der Waals surface area contributed by atoms with Crippen LogP contribution in [-0.2, 0) is 0 Å². The van der Waals surface area contributed by atoms with Crippen molar-refractivity contribution in [1.82, 2.24) is 9.97 Å². The van der Waals surface area contributed by atoms with E-state index in [1.165, 1.54) is 11.1 Å². The summed E-state index contributed by atoms with van der Waals surface area (Å²) in [6, 6.07) is 68.0. The summed E-state index contributed by atoms with van der Waals surface area (Å²) >= 11 is 0. The Labute approximate surface area is 307 Å².